The van der Waals surface area contributed by atoms with Gasteiger partial charge < -0.3 is 19.6 Å². The average Bonchev–Trinajstić information content (AvgIpc) is 3.31. The second kappa shape index (κ2) is 9.15. The van der Waals surface area contributed by atoms with Crippen molar-refractivity contribution in [2.24, 2.45) is 5.41 Å². The van der Waals surface area contributed by atoms with E-state index in [9.17, 15) is 14.7 Å². The van der Waals surface area contributed by atoms with Gasteiger partial charge in [0.25, 0.3) is 5.56 Å². The number of aliphatic hydroxyl groups is 1. The Bertz CT molecular complexity index is 1060. The zero-order chi connectivity index (χ0) is 23.8. The van der Waals surface area contributed by atoms with E-state index in [1.165, 1.54) is 4.57 Å². The molecule has 2 aromatic rings. The number of benzene rings is 1. The summed E-state index contributed by atoms with van der Waals surface area (Å²) in [5, 5.41) is 11.1. The van der Waals surface area contributed by atoms with Crippen molar-refractivity contribution in [3.05, 3.63) is 58.6 Å². The van der Waals surface area contributed by atoms with Crippen molar-refractivity contribution >= 4 is 11.7 Å². The largest absolute Gasteiger partial charge is 0.388 e. The van der Waals surface area contributed by atoms with Gasteiger partial charge in [-0.25, -0.2) is 4.98 Å². The van der Waals surface area contributed by atoms with Crippen molar-refractivity contribution < 1.29 is 14.6 Å². The Kier molecular flexibility index (Phi) is 6.20. The first kappa shape index (κ1) is 23.1. The Morgan fingerprint density at radius 2 is 1.91 bits per heavy atom. The van der Waals surface area contributed by atoms with Crippen LogP contribution in [0.5, 0.6) is 0 Å². The highest BCUT2D eigenvalue weighted by Crippen LogP contribution is 2.39. The Labute approximate surface area is 200 Å². The molecule has 1 N–H and O–H groups in total. The van der Waals surface area contributed by atoms with E-state index in [4.69, 9.17) is 4.74 Å². The van der Waals surface area contributed by atoms with Crippen LogP contribution in [0.4, 0.5) is 5.82 Å². The number of piperidine rings is 1. The summed E-state index contributed by atoms with van der Waals surface area (Å²) in [6, 6.07) is 11.6. The van der Waals surface area contributed by atoms with Crippen LogP contribution in [0.2, 0.25) is 0 Å². The standard InChI is InChI=1S/C26H34N4O4/c1-20(21-5-3-2-4-6-21)13-23(31)28-10-7-26(33,8-11-28)17-30-19-27-22(14-24(30)32)29-15-25(16-29)9-12-34-18-25/h2-6,14,19-20,33H,7-13,15-18H2,1H3. The molecule has 1 atom stereocenters. The van der Waals surface area contributed by atoms with Gasteiger partial charge in [0.15, 0.2) is 0 Å². The van der Waals surface area contributed by atoms with Gasteiger partial charge in [0.1, 0.15) is 5.82 Å². The lowest BCUT2D eigenvalue weighted by Gasteiger charge is -2.47. The van der Waals surface area contributed by atoms with E-state index in [0.29, 0.717) is 38.2 Å². The number of likely N-dealkylation sites (tertiary alicyclic amines) is 1. The minimum absolute atomic E-state index is 0.113. The number of carbonyl (C=O) groups is 1. The van der Waals surface area contributed by atoms with Crippen LogP contribution in [0.1, 0.15) is 44.1 Å². The molecule has 3 fully saturated rings. The predicted molar refractivity (Wildman–Crippen MR) is 129 cm³/mol. The summed E-state index contributed by atoms with van der Waals surface area (Å²) in [5.41, 5.74) is 0.217. The molecule has 34 heavy (non-hydrogen) atoms. The van der Waals surface area contributed by atoms with E-state index in [1.54, 1.807) is 12.4 Å². The smallest absolute Gasteiger partial charge is 0.255 e. The molecule has 1 aromatic heterocycles. The van der Waals surface area contributed by atoms with Crippen molar-refractivity contribution in [2.75, 3.05) is 44.3 Å². The van der Waals surface area contributed by atoms with Crippen molar-refractivity contribution in [1.82, 2.24) is 14.5 Å². The summed E-state index contributed by atoms with van der Waals surface area (Å²) in [6.07, 6.45) is 3.96. The normalized spacial score (nSPS) is 21.9. The highest BCUT2D eigenvalue weighted by molar-refractivity contribution is 5.77. The SMILES string of the molecule is CC(CC(=O)N1CCC(O)(Cn2cnc(N3CC4(CCOC4)C3)cc2=O)CC1)c1ccccc1. The highest BCUT2D eigenvalue weighted by Gasteiger charge is 2.46. The zero-order valence-corrected chi connectivity index (χ0v) is 19.9. The van der Waals surface area contributed by atoms with Crippen LogP contribution in [0.15, 0.2) is 47.5 Å². The number of ether oxygens (including phenoxy) is 1. The van der Waals surface area contributed by atoms with Gasteiger partial charge in [0.05, 0.1) is 25.1 Å². The maximum Gasteiger partial charge on any atom is 0.255 e. The Morgan fingerprint density at radius 3 is 2.56 bits per heavy atom. The predicted octanol–water partition coefficient (Wildman–Crippen LogP) is 2.02. The quantitative estimate of drug-likeness (QED) is 0.701. The molecule has 0 saturated carbocycles. The third-order valence-electron chi connectivity index (χ3n) is 7.79. The molecule has 0 bridgehead atoms. The summed E-state index contributed by atoms with van der Waals surface area (Å²) in [5.74, 6) is 0.959. The monoisotopic (exact) mass is 466 g/mol. The Hall–Kier alpha value is -2.71. The molecule has 3 saturated heterocycles. The van der Waals surface area contributed by atoms with Crippen LogP contribution in [0, 0.1) is 5.41 Å². The number of nitrogens with zero attached hydrogens (tertiary/aromatic N) is 4. The minimum atomic E-state index is -1.02. The molecule has 0 aliphatic carbocycles. The number of carbonyl (C=O) groups excluding carboxylic acids is 1. The molecule has 4 heterocycles. The molecule has 182 valence electrons. The molecule has 3 aliphatic heterocycles. The van der Waals surface area contributed by atoms with E-state index < -0.39 is 5.60 Å². The lowest BCUT2D eigenvalue weighted by Crippen LogP contribution is -2.57. The van der Waals surface area contributed by atoms with Crippen LogP contribution >= 0.6 is 0 Å². The summed E-state index contributed by atoms with van der Waals surface area (Å²) in [7, 11) is 0. The van der Waals surface area contributed by atoms with Gasteiger partial charge in [0, 0.05) is 50.7 Å². The fourth-order valence-electron chi connectivity index (χ4n) is 5.47. The number of amides is 1. The zero-order valence-electron chi connectivity index (χ0n) is 19.9. The molecule has 1 aromatic carbocycles. The molecule has 8 heteroatoms. The molecule has 1 spiro atoms. The average molecular weight is 467 g/mol. The maximum absolute atomic E-state index is 12.8. The molecule has 8 nitrogen and oxygen atoms in total. The van der Waals surface area contributed by atoms with Crippen molar-refractivity contribution in [3.63, 3.8) is 0 Å². The molecule has 0 radical (unpaired) electrons. The van der Waals surface area contributed by atoms with Gasteiger partial charge in [-0.3, -0.25) is 14.2 Å². The lowest BCUT2D eigenvalue weighted by atomic mass is 9.79. The molecule has 1 amide bonds. The third-order valence-corrected chi connectivity index (χ3v) is 7.79. The van der Waals surface area contributed by atoms with Gasteiger partial charge in [-0.05, 0) is 30.7 Å². The van der Waals surface area contributed by atoms with Crippen LogP contribution in [-0.4, -0.2) is 70.5 Å². The van der Waals surface area contributed by atoms with Crippen LogP contribution in [-0.2, 0) is 16.1 Å². The van der Waals surface area contributed by atoms with Gasteiger partial charge in [0.2, 0.25) is 5.91 Å². The van der Waals surface area contributed by atoms with Crippen molar-refractivity contribution in [1.29, 1.82) is 0 Å². The lowest BCUT2D eigenvalue weighted by molar-refractivity contribution is -0.136. The third kappa shape index (κ3) is 4.74. The Morgan fingerprint density at radius 1 is 1.18 bits per heavy atom. The van der Waals surface area contributed by atoms with Crippen molar-refractivity contribution in [2.45, 2.75) is 50.7 Å². The topological polar surface area (TPSA) is 87.9 Å². The summed E-state index contributed by atoms with van der Waals surface area (Å²) in [6.45, 7) is 6.61. The summed E-state index contributed by atoms with van der Waals surface area (Å²) in [4.78, 5) is 34.0. The first-order valence-corrected chi connectivity index (χ1v) is 12.3. The number of rotatable bonds is 6. The number of hydrogen-bond donors (Lipinski definition) is 1. The number of anilines is 1. The first-order chi connectivity index (χ1) is 16.3. The van der Waals surface area contributed by atoms with Crippen LogP contribution < -0.4 is 10.5 Å². The van der Waals surface area contributed by atoms with E-state index in [1.807, 2.05) is 35.2 Å². The van der Waals surface area contributed by atoms with Crippen molar-refractivity contribution in [3.8, 4) is 0 Å². The molecule has 1 unspecified atom stereocenters. The highest BCUT2D eigenvalue weighted by atomic mass is 16.5. The van der Waals surface area contributed by atoms with Crippen LogP contribution in [0.25, 0.3) is 0 Å². The van der Waals surface area contributed by atoms with Gasteiger partial charge in [-0.15, -0.1) is 0 Å². The fourth-order valence-corrected chi connectivity index (χ4v) is 5.47. The van der Waals surface area contributed by atoms with E-state index in [0.717, 1.165) is 38.3 Å². The van der Waals surface area contributed by atoms with Crippen LogP contribution in [0.3, 0.4) is 0 Å². The van der Waals surface area contributed by atoms with Gasteiger partial charge >= 0.3 is 0 Å². The van der Waals surface area contributed by atoms with Gasteiger partial charge in [-0.1, -0.05) is 37.3 Å². The number of aromatic nitrogens is 2. The molecular formula is C26H34N4O4. The van der Waals surface area contributed by atoms with E-state index in [2.05, 4.69) is 16.8 Å². The minimum Gasteiger partial charge on any atom is -0.388 e. The van der Waals surface area contributed by atoms with E-state index >= 15 is 0 Å². The maximum atomic E-state index is 12.8. The van der Waals surface area contributed by atoms with E-state index in [-0.39, 0.29) is 29.3 Å². The first-order valence-electron chi connectivity index (χ1n) is 12.3. The summed E-state index contributed by atoms with van der Waals surface area (Å²) >= 11 is 0. The molecule has 5 rings (SSSR count). The summed E-state index contributed by atoms with van der Waals surface area (Å²) < 4.78 is 7.01. The Balaban J connectivity index is 1.14. The molecule has 3 aliphatic rings. The molecular weight excluding hydrogens is 432 g/mol. The fraction of sp³-hybridized carbons (Fsp3) is 0.577. The van der Waals surface area contributed by atoms with Gasteiger partial charge in [-0.2, -0.15) is 0 Å². The number of hydrogen-bond acceptors (Lipinski definition) is 6. The second-order valence-corrected chi connectivity index (χ2v) is 10.5. The second-order valence-electron chi connectivity index (χ2n) is 10.5.